The monoisotopic (exact) mass is 518 g/mol. The van der Waals surface area contributed by atoms with Crippen LogP contribution in [0.4, 0.5) is 8.78 Å². The first-order chi connectivity index (χ1) is 18.1. The van der Waals surface area contributed by atoms with E-state index in [9.17, 15) is 23.2 Å². The standard InChI is InChI=1S/C31H32F2N2O3/c1-19-8-5-13-25(20(19)2)29-26(30(37)21-9-6-11-23(32)14-21)16-35(18-28(36)34(3)4)17-27(29)31(38)22-10-7-12-24(33)15-22/h5-15,26-27,29H,16-18H2,1-4H3. The molecule has 0 saturated carbocycles. The van der Waals surface area contributed by atoms with Gasteiger partial charge in [0, 0.05) is 56.1 Å². The summed E-state index contributed by atoms with van der Waals surface area (Å²) in [5, 5.41) is 0. The second-order valence-corrected chi connectivity index (χ2v) is 10.3. The van der Waals surface area contributed by atoms with Crippen molar-refractivity contribution >= 4 is 17.5 Å². The summed E-state index contributed by atoms with van der Waals surface area (Å²) in [7, 11) is 3.30. The number of likely N-dealkylation sites (N-methyl/N-ethyl adjacent to an activating group) is 1. The molecular formula is C31H32F2N2O3. The molecule has 0 aromatic heterocycles. The van der Waals surface area contributed by atoms with E-state index in [4.69, 9.17) is 0 Å². The molecule has 38 heavy (non-hydrogen) atoms. The number of ketones is 2. The molecule has 0 bridgehead atoms. The van der Waals surface area contributed by atoms with E-state index in [2.05, 4.69) is 0 Å². The number of likely N-dealkylation sites (tertiary alicyclic amines) is 1. The van der Waals surface area contributed by atoms with Gasteiger partial charge in [-0.1, -0.05) is 42.5 Å². The Morgan fingerprint density at radius 2 is 1.32 bits per heavy atom. The third-order valence-electron chi connectivity index (χ3n) is 7.53. The van der Waals surface area contributed by atoms with Crippen LogP contribution in [0.25, 0.3) is 0 Å². The normalized spacial score (nSPS) is 19.7. The van der Waals surface area contributed by atoms with Crippen molar-refractivity contribution < 1.29 is 23.2 Å². The SMILES string of the molecule is Cc1cccc(C2C(C(=O)c3cccc(F)c3)CN(CC(=O)N(C)C)CC2C(=O)c2cccc(F)c2)c1C. The van der Waals surface area contributed by atoms with E-state index < -0.39 is 29.4 Å². The van der Waals surface area contributed by atoms with Crippen LogP contribution in [-0.2, 0) is 4.79 Å². The van der Waals surface area contributed by atoms with Crippen LogP contribution >= 0.6 is 0 Å². The molecule has 1 aliphatic heterocycles. The highest BCUT2D eigenvalue weighted by atomic mass is 19.1. The Kier molecular flexibility index (Phi) is 8.17. The molecular weight excluding hydrogens is 486 g/mol. The summed E-state index contributed by atoms with van der Waals surface area (Å²) in [6.07, 6.45) is 0. The Morgan fingerprint density at radius 1 is 0.816 bits per heavy atom. The lowest BCUT2D eigenvalue weighted by molar-refractivity contribution is -0.130. The van der Waals surface area contributed by atoms with Crippen LogP contribution < -0.4 is 0 Å². The van der Waals surface area contributed by atoms with Gasteiger partial charge in [-0.2, -0.15) is 0 Å². The highest BCUT2D eigenvalue weighted by Gasteiger charge is 2.45. The lowest BCUT2D eigenvalue weighted by atomic mass is 9.67. The first-order valence-corrected chi connectivity index (χ1v) is 12.6. The fourth-order valence-corrected chi connectivity index (χ4v) is 5.37. The van der Waals surface area contributed by atoms with Crippen molar-refractivity contribution in [3.63, 3.8) is 0 Å². The summed E-state index contributed by atoms with van der Waals surface area (Å²) in [4.78, 5) is 43.9. The molecule has 1 heterocycles. The van der Waals surface area contributed by atoms with E-state index >= 15 is 0 Å². The zero-order valence-electron chi connectivity index (χ0n) is 22.1. The van der Waals surface area contributed by atoms with Crippen molar-refractivity contribution in [1.29, 1.82) is 0 Å². The fraction of sp³-hybridized carbons (Fsp3) is 0.323. The number of aryl methyl sites for hydroxylation is 1. The molecule has 7 heteroatoms. The van der Waals surface area contributed by atoms with Gasteiger partial charge in [-0.3, -0.25) is 19.3 Å². The maximum Gasteiger partial charge on any atom is 0.236 e. The van der Waals surface area contributed by atoms with E-state index in [1.807, 2.05) is 36.9 Å². The van der Waals surface area contributed by atoms with E-state index in [1.165, 1.54) is 41.3 Å². The number of piperidine rings is 1. The lowest BCUT2D eigenvalue weighted by Gasteiger charge is -2.43. The van der Waals surface area contributed by atoms with E-state index in [1.54, 1.807) is 26.2 Å². The zero-order valence-corrected chi connectivity index (χ0v) is 22.1. The highest BCUT2D eigenvalue weighted by molar-refractivity contribution is 6.02. The number of amides is 1. The number of carbonyl (C=O) groups excluding carboxylic acids is 3. The van der Waals surface area contributed by atoms with Crippen molar-refractivity contribution in [1.82, 2.24) is 9.80 Å². The van der Waals surface area contributed by atoms with Gasteiger partial charge in [0.15, 0.2) is 11.6 Å². The van der Waals surface area contributed by atoms with E-state index in [-0.39, 0.29) is 48.2 Å². The smallest absolute Gasteiger partial charge is 0.236 e. The molecule has 198 valence electrons. The molecule has 1 fully saturated rings. The first kappa shape index (κ1) is 27.3. The largest absolute Gasteiger partial charge is 0.348 e. The van der Waals surface area contributed by atoms with Gasteiger partial charge in [0.2, 0.25) is 5.91 Å². The van der Waals surface area contributed by atoms with E-state index in [0.717, 1.165) is 16.7 Å². The van der Waals surface area contributed by atoms with Gasteiger partial charge in [0.25, 0.3) is 0 Å². The average molecular weight is 519 g/mol. The molecule has 3 aromatic rings. The Hall–Kier alpha value is -3.71. The first-order valence-electron chi connectivity index (χ1n) is 12.6. The van der Waals surface area contributed by atoms with Crippen molar-refractivity contribution in [3.05, 3.63) is 106 Å². The maximum absolute atomic E-state index is 14.1. The maximum atomic E-state index is 14.1. The number of carbonyl (C=O) groups is 3. The summed E-state index contributed by atoms with van der Waals surface area (Å²) >= 11 is 0. The minimum absolute atomic E-state index is 0.0202. The second-order valence-electron chi connectivity index (χ2n) is 10.3. The third kappa shape index (κ3) is 5.73. The quantitative estimate of drug-likeness (QED) is 0.410. The molecule has 0 aliphatic carbocycles. The van der Waals surface area contributed by atoms with Crippen molar-refractivity contribution in [3.8, 4) is 0 Å². The topological polar surface area (TPSA) is 57.7 Å². The number of rotatable bonds is 7. The summed E-state index contributed by atoms with van der Waals surface area (Å²) in [5.74, 6) is -3.82. The molecule has 3 aromatic carbocycles. The predicted molar refractivity (Wildman–Crippen MR) is 142 cm³/mol. The summed E-state index contributed by atoms with van der Waals surface area (Å²) in [6, 6.07) is 16.9. The molecule has 1 aliphatic rings. The number of hydrogen-bond acceptors (Lipinski definition) is 4. The van der Waals surface area contributed by atoms with Crippen LogP contribution in [0.1, 0.15) is 43.3 Å². The Labute approximate surface area is 222 Å². The lowest BCUT2D eigenvalue weighted by Crippen LogP contribution is -2.52. The molecule has 0 spiro atoms. The zero-order chi connectivity index (χ0) is 27.6. The molecule has 2 unspecified atom stereocenters. The molecule has 0 radical (unpaired) electrons. The molecule has 2 atom stereocenters. The number of halogens is 2. The third-order valence-corrected chi connectivity index (χ3v) is 7.53. The van der Waals surface area contributed by atoms with Gasteiger partial charge in [-0.15, -0.1) is 0 Å². The summed E-state index contributed by atoms with van der Waals surface area (Å²) in [6.45, 7) is 4.39. The van der Waals surface area contributed by atoms with Crippen molar-refractivity contribution in [2.75, 3.05) is 33.7 Å². The molecule has 5 nitrogen and oxygen atoms in total. The van der Waals surface area contributed by atoms with Gasteiger partial charge < -0.3 is 4.90 Å². The number of benzene rings is 3. The summed E-state index contributed by atoms with van der Waals surface area (Å²) in [5.41, 5.74) is 3.25. The summed E-state index contributed by atoms with van der Waals surface area (Å²) < 4.78 is 28.3. The van der Waals surface area contributed by atoms with E-state index in [0.29, 0.717) is 0 Å². The van der Waals surface area contributed by atoms with Crippen molar-refractivity contribution in [2.45, 2.75) is 19.8 Å². The Morgan fingerprint density at radius 3 is 1.79 bits per heavy atom. The van der Waals surface area contributed by atoms with Crippen LogP contribution in [0.2, 0.25) is 0 Å². The van der Waals surface area contributed by atoms with Crippen LogP contribution in [0.3, 0.4) is 0 Å². The Bertz CT molecular complexity index is 1300. The van der Waals surface area contributed by atoms with Crippen LogP contribution in [-0.4, -0.2) is 61.0 Å². The number of nitrogens with zero attached hydrogens (tertiary/aromatic N) is 2. The van der Waals surface area contributed by atoms with Crippen molar-refractivity contribution in [2.24, 2.45) is 11.8 Å². The molecule has 4 rings (SSSR count). The molecule has 1 amide bonds. The Balaban J connectivity index is 1.87. The van der Waals surface area contributed by atoms with Gasteiger partial charge in [0.1, 0.15) is 11.6 Å². The fourth-order valence-electron chi connectivity index (χ4n) is 5.37. The molecule has 0 N–H and O–H groups in total. The highest BCUT2D eigenvalue weighted by Crippen LogP contribution is 2.42. The van der Waals surface area contributed by atoms with Gasteiger partial charge in [0.05, 0.1) is 6.54 Å². The average Bonchev–Trinajstić information content (AvgIpc) is 2.89. The van der Waals surface area contributed by atoms with Gasteiger partial charge in [-0.05, 0) is 54.8 Å². The van der Waals surface area contributed by atoms with Crippen LogP contribution in [0, 0.1) is 37.3 Å². The second kappa shape index (κ2) is 11.4. The van der Waals surface area contributed by atoms with Crippen LogP contribution in [0.5, 0.6) is 0 Å². The van der Waals surface area contributed by atoms with Gasteiger partial charge >= 0.3 is 0 Å². The number of Topliss-reactive ketones (excluding diaryl/α,β-unsaturated/α-hetero) is 2. The minimum atomic E-state index is -0.733. The molecule has 1 saturated heterocycles. The van der Waals surface area contributed by atoms with Gasteiger partial charge in [-0.25, -0.2) is 8.78 Å². The number of hydrogen-bond donors (Lipinski definition) is 0. The minimum Gasteiger partial charge on any atom is -0.348 e. The van der Waals surface area contributed by atoms with Crippen LogP contribution in [0.15, 0.2) is 66.7 Å². The predicted octanol–water partition coefficient (Wildman–Crippen LogP) is 5.07.